The molecule has 5 rings (SSSR count). The van der Waals surface area contributed by atoms with E-state index in [1.807, 2.05) is 0 Å². The Kier molecular flexibility index (Phi) is 7.17. The van der Waals surface area contributed by atoms with Gasteiger partial charge in [0.1, 0.15) is 0 Å². The standard InChI is InChI=1S/C32H59NO2Si/c1-29(2,3)36(7,8)35-24-15-17-30(4)22(20-24)11-12-25-26-13-14-28(31(26,5)18-16-27(25)30)32(6,34)23-10-9-19-33-21-23/h22-28,33-34H,9-21H2,1-8H3/t22?,23?,24-,25-,26-,27-,28-,30-,31-,32?/m0/s1. The van der Waals surface area contributed by atoms with Gasteiger partial charge < -0.3 is 14.8 Å². The molecule has 5 fully saturated rings. The molecule has 4 saturated carbocycles. The van der Waals surface area contributed by atoms with Crippen molar-refractivity contribution in [2.24, 2.45) is 46.3 Å². The minimum atomic E-state index is -1.70. The number of aliphatic hydroxyl groups is 1. The molecule has 0 bridgehead atoms. The average molecular weight is 518 g/mol. The van der Waals surface area contributed by atoms with Gasteiger partial charge in [0, 0.05) is 18.6 Å². The van der Waals surface area contributed by atoms with Gasteiger partial charge in [0.05, 0.1) is 5.60 Å². The number of hydrogen-bond donors (Lipinski definition) is 2. The first-order valence-corrected chi connectivity index (χ1v) is 18.7. The Bertz CT molecular complexity index is 798. The van der Waals surface area contributed by atoms with Gasteiger partial charge in [-0.25, -0.2) is 0 Å². The van der Waals surface area contributed by atoms with Crippen LogP contribution in [0.15, 0.2) is 0 Å². The van der Waals surface area contributed by atoms with Gasteiger partial charge in [0.25, 0.3) is 0 Å². The second kappa shape index (κ2) is 9.34. The summed E-state index contributed by atoms with van der Waals surface area (Å²) < 4.78 is 6.97. The van der Waals surface area contributed by atoms with Crippen LogP contribution in [0, 0.1) is 46.3 Å². The fourth-order valence-corrected chi connectivity index (χ4v) is 11.9. The Morgan fingerprint density at radius 3 is 2.22 bits per heavy atom. The predicted octanol–water partition coefficient (Wildman–Crippen LogP) is 7.79. The van der Waals surface area contributed by atoms with Crippen molar-refractivity contribution in [1.29, 1.82) is 0 Å². The zero-order chi connectivity index (χ0) is 26.1. The first kappa shape index (κ1) is 27.7. The summed E-state index contributed by atoms with van der Waals surface area (Å²) in [6.45, 7) is 21.7. The molecule has 208 valence electrons. The molecule has 5 aliphatic rings. The largest absolute Gasteiger partial charge is 0.414 e. The smallest absolute Gasteiger partial charge is 0.192 e. The zero-order valence-electron chi connectivity index (χ0n) is 25.1. The van der Waals surface area contributed by atoms with E-state index in [-0.39, 0.29) is 0 Å². The van der Waals surface area contributed by atoms with E-state index in [4.69, 9.17) is 4.43 Å². The van der Waals surface area contributed by atoms with E-state index in [2.05, 4.69) is 60.0 Å². The second-order valence-corrected chi connectivity index (χ2v) is 21.1. The maximum absolute atomic E-state index is 12.0. The number of rotatable bonds is 4. The number of hydrogen-bond acceptors (Lipinski definition) is 3. The number of piperidine rings is 1. The molecule has 0 aromatic carbocycles. The van der Waals surface area contributed by atoms with Gasteiger partial charge in [-0.1, -0.05) is 34.6 Å². The van der Waals surface area contributed by atoms with Crippen molar-refractivity contribution in [2.75, 3.05) is 13.1 Å². The lowest BCUT2D eigenvalue weighted by Crippen LogP contribution is -2.58. The normalized spacial score (nSPS) is 47.4. The lowest BCUT2D eigenvalue weighted by atomic mass is 9.44. The van der Waals surface area contributed by atoms with Crippen molar-refractivity contribution in [3.63, 3.8) is 0 Å². The van der Waals surface area contributed by atoms with Crippen molar-refractivity contribution in [3.8, 4) is 0 Å². The van der Waals surface area contributed by atoms with Gasteiger partial charge >= 0.3 is 0 Å². The summed E-state index contributed by atoms with van der Waals surface area (Å²) in [5.74, 6) is 4.34. The van der Waals surface area contributed by atoms with E-state index in [0.717, 1.165) is 36.8 Å². The van der Waals surface area contributed by atoms with Gasteiger partial charge in [-0.15, -0.1) is 0 Å². The highest BCUT2D eigenvalue weighted by Crippen LogP contribution is 2.69. The van der Waals surface area contributed by atoms with Crippen LogP contribution in [0.3, 0.4) is 0 Å². The van der Waals surface area contributed by atoms with E-state index in [9.17, 15) is 5.11 Å². The van der Waals surface area contributed by atoms with E-state index in [0.29, 0.717) is 33.8 Å². The number of nitrogens with one attached hydrogen (secondary N) is 1. The first-order valence-electron chi connectivity index (χ1n) is 15.8. The molecular weight excluding hydrogens is 458 g/mol. The maximum atomic E-state index is 12.0. The SMILES string of the molecule is CC(O)(C1CCCNC1)[C@H]1CC[C@H]2[C@@H]3CCC4C[C@@H](O[Si](C)(C)C(C)(C)C)CC[C@]4(C)[C@H]3CC[C@]12C. The van der Waals surface area contributed by atoms with Crippen LogP contribution >= 0.6 is 0 Å². The fraction of sp³-hybridized carbons (Fsp3) is 1.00. The van der Waals surface area contributed by atoms with Crippen LogP contribution in [0.25, 0.3) is 0 Å². The Labute approximate surface area is 224 Å². The highest BCUT2D eigenvalue weighted by atomic mass is 28.4. The summed E-state index contributed by atoms with van der Waals surface area (Å²) in [6, 6.07) is 0. The maximum Gasteiger partial charge on any atom is 0.192 e. The van der Waals surface area contributed by atoms with Gasteiger partial charge in [-0.3, -0.25) is 0 Å². The molecule has 3 unspecified atom stereocenters. The van der Waals surface area contributed by atoms with E-state index >= 15 is 0 Å². The summed E-state index contributed by atoms with van der Waals surface area (Å²) in [6.07, 6.45) is 15.0. The summed E-state index contributed by atoms with van der Waals surface area (Å²) in [4.78, 5) is 0. The monoisotopic (exact) mass is 517 g/mol. The Morgan fingerprint density at radius 1 is 0.861 bits per heavy atom. The van der Waals surface area contributed by atoms with Gasteiger partial charge in [0.15, 0.2) is 8.32 Å². The lowest BCUT2D eigenvalue weighted by Gasteiger charge is -2.62. The molecule has 10 atom stereocenters. The van der Waals surface area contributed by atoms with Gasteiger partial charge in [-0.05, 0) is 143 Å². The average Bonchev–Trinajstić information content (AvgIpc) is 3.17. The highest BCUT2D eigenvalue weighted by molar-refractivity contribution is 6.74. The van der Waals surface area contributed by atoms with Crippen LogP contribution in [0.4, 0.5) is 0 Å². The molecule has 0 aromatic rings. The van der Waals surface area contributed by atoms with Crippen molar-refractivity contribution in [3.05, 3.63) is 0 Å². The Hall–Kier alpha value is 0.0969. The Morgan fingerprint density at radius 2 is 1.56 bits per heavy atom. The molecule has 4 heteroatoms. The van der Waals surface area contributed by atoms with Crippen molar-refractivity contribution >= 4 is 8.32 Å². The second-order valence-electron chi connectivity index (χ2n) is 16.4. The van der Waals surface area contributed by atoms with E-state index in [1.54, 1.807) is 0 Å². The van der Waals surface area contributed by atoms with Gasteiger partial charge in [0.2, 0.25) is 0 Å². The van der Waals surface area contributed by atoms with E-state index < -0.39 is 13.9 Å². The number of fused-ring (bicyclic) bond motifs is 5. The third kappa shape index (κ3) is 4.40. The highest BCUT2D eigenvalue weighted by Gasteiger charge is 2.63. The minimum absolute atomic E-state index is 0.299. The lowest BCUT2D eigenvalue weighted by molar-refractivity contribution is -0.153. The minimum Gasteiger partial charge on any atom is -0.414 e. The Balaban J connectivity index is 1.29. The molecule has 3 nitrogen and oxygen atoms in total. The molecule has 0 radical (unpaired) electrons. The summed E-state index contributed by atoms with van der Waals surface area (Å²) in [5.41, 5.74) is 0.309. The fourth-order valence-electron chi connectivity index (χ4n) is 10.5. The molecule has 4 aliphatic carbocycles. The van der Waals surface area contributed by atoms with Crippen LogP contribution < -0.4 is 5.32 Å². The van der Waals surface area contributed by atoms with E-state index in [1.165, 1.54) is 70.6 Å². The molecule has 1 saturated heterocycles. The van der Waals surface area contributed by atoms with Crippen LogP contribution in [0.1, 0.15) is 112 Å². The molecular formula is C32H59NO2Si. The van der Waals surface area contributed by atoms with Crippen LogP contribution in [0.2, 0.25) is 18.1 Å². The summed E-state index contributed by atoms with van der Waals surface area (Å²) >= 11 is 0. The molecule has 36 heavy (non-hydrogen) atoms. The topological polar surface area (TPSA) is 41.5 Å². The quantitative estimate of drug-likeness (QED) is 0.374. The molecule has 0 aromatic heterocycles. The molecule has 0 amide bonds. The molecule has 1 aliphatic heterocycles. The third-order valence-electron chi connectivity index (χ3n) is 13.7. The third-order valence-corrected chi connectivity index (χ3v) is 18.2. The molecule has 0 spiro atoms. The first-order chi connectivity index (χ1) is 16.7. The molecule has 1 heterocycles. The zero-order valence-corrected chi connectivity index (χ0v) is 26.1. The van der Waals surface area contributed by atoms with Gasteiger partial charge in [-0.2, -0.15) is 0 Å². The summed E-state index contributed by atoms with van der Waals surface area (Å²) in [5, 5.41) is 15.9. The van der Waals surface area contributed by atoms with Crippen LogP contribution in [-0.4, -0.2) is 38.2 Å². The van der Waals surface area contributed by atoms with Crippen molar-refractivity contribution in [2.45, 2.75) is 142 Å². The van der Waals surface area contributed by atoms with Crippen LogP contribution in [-0.2, 0) is 4.43 Å². The van der Waals surface area contributed by atoms with Crippen LogP contribution in [0.5, 0.6) is 0 Å². The van der Waals surface area contributed by atoms with Crippen molar-refractivity contribution < 1.29 is 9.53 Å². The predicted molar refractivity (Wildman–Crippen MR) is 154 cm³/mol. The van der Waals surface area contributed by atoms with Crippen molar-refractivity contribution in [1.82, 2.24) is 5.32 Å². The summed E-state index contributed by atoms with van der Waals surface area (Å²) in [7, 11) is -1.70. The molecule has 2 N–H and O–H groups in total.